The van der Waals surface area contributed by atoms with Gasteiger partial charge in [-0.3, -0.25) is 0 Å². The third-order valence-electron chi connectivity index (χ3n) is 4.35. The fourth-order valence-electron chi connectivity index (χ4n) is 2.92. The van der Waals surface area contributed by atoms with Gasteiger partial charge in [0.2, 0.25) is 0 Å². The summed E-state index contributed by atoms with van der Waals surface area (Å²) in [6.45, 7) is 1.78. The monoisotopic (exact) mass is 447 g/mol. The van der Waals surface area contributed by atoms with Gasteiger partial charge in [0.15, 0.2) is 0 Å². The molecule has 4 aromatic rings. The number of anilines is 6. The van der Waals surface area contributed by atoms with Gasteiger partial charge in [-0.25, -0.2) is 28.5 Å². The molecule has 33 heavy (non-hydrogen) atoms. The number of aryl methyl sites for hydroxylation is 1. The van der Waals surface area contributed by atoms with Crippen LogP contribution in [0.25, 0.3) is 0 Å². The summed E-state index contributed by atoms with van der Waals surface area (Å²) in [5.74, 6) is 0.817. The molecule has 4 rings (SSSR count). The van der Waals surface area contributed by atoms with E-state index in [0.717, 1.165) is 17.8 Å². The number of urea groups is 1. The number of nitrogens with zero attached hydrogens (tertiary/aromatic N) is 3. The third kappa shape index (κ3) is 5.97. The lowest BCUT2D eigenvalue weighted by atomic mass is 10.2. The van der Waals surface area contributed by atoms with Crippen LogP contribution in [0.2, 0.25) is 0 Å². The molecule has 2 aromatic heterocycles. The number of nitrogens with one attached hydrogen (secondary N) is 4. The van der Waals surface area contributed by atoms with Gasteiger partial charge in [-0.15, -0.1) is 0 Å². The van der Waals surface area contributed by atoms with Crippen molar-refractivity contribution in [2.75, 3.05) is 21.3 Å². The number of hydrogen-bond donors (Lipinski definition) is 4. The molecule has 4 N–H and O–H groups in total. The Morgan fingerprint density at radius 2 is 1.52 bits per heavy atom. The molecule has 2 amide bonds. The zero-order chi connectivity index (χ0) is 23.2. The number of aromatic nitrogens is 3. The number of rotatable bonds is 6. The van der Waals surface area contributed by atoms with Crippen LogP contribution in [0.15, 0.2) is 72.9 Å². The molecule has 0 radical (unpaired) electrons. The molecule has 0 atom stereocenters. The van der Waals surface area contributed by atoms with Gasteiger partial charge in [0.05, 0.1) is 5.69 Å². The Hall–Kier alpha value is -4.60. The largest absolute Gasteiger partial charge is 0.340 e. The standard InChI is InChI=1S/C23H19F2N7O/c1-14-27-21(13-22(28-14)32-20-4-2-3-11-26-20)29-16-6-8-17(9-7-16)30-23(33)31-19-10-5-15(24)12-18(19)25/h2-13H,1H3,(H2,30,31,33)(H2,26,27,28,29,32). The first-order valence-corrected chi connectivity index (χ1v) is 9.88. The summed E-state index contributed by atoms with van der Waals surface area (Å²) in [5, 5.41) is 11.2. The topological polar surface area (TPSA) is 104 Å². The zero-order valence-electron chi connectivity index (χ0n) is 17.4. The highest BCUT2D eigenvalue weighted by Gasteiger charge is 2.09. The summed E-state index contributed by atoms with van der Waals surface area (Å²) >= 11 is 0. The first-order chi connectivity index (χ1) is 15.9. The lowest BCUT2D eigenvalue weighted by Crippen LogP contribution is -2.20. The minimum absolute atomic E-state index is 0.124. The Kier molecular flexibility index (Phi) is 6.35. The molecule has 0 fully saturated rings. The van der Waals surface area contributed by atoms with Gasteiger partial charge in [0, 0.05) is 29.7 Å². The molecule has 2 aromatic carbocycles. The predicted octanol–water partition coefficient (Wildman–Crippen LogP) is 5.59. The minimum atomic E-state index is -0.859. The molecular formula is C23H19F2N7O. The number of carbonyl (C=O) groups is 1. The second-order valence-corrected chi connectivity index (χ2v) is 6.93. The van der Waals surface area contributed by atoms with Gasteiger partial charge in [-0.2, -0.15) is 0 Å². The van der Waals surface area contributed by atoms with Crippen LogP contribution >= 0.6 is 0 Å². The van der Waals surface area contributed by atoms with Crippen molar-refractivity contribution in [1.29, 1.82) is 0 Å². The van der Waals surface area contributed by atoms with E-state index in [2.05, 4.69) is 36.2 Å². The lowest BCUT2D eigenvalue weighted by molar-refractivity contribution is 0.262. The van der Waals surface area contributed by atoms with Crippen LogP contribution in [0.5, 0.6) is 0 Å². The first kappa shape index (κ1) is 21.6. The highest BCUT2D eigenvalue weighted by molar-refractivity contribution is 5.99. The average Bonchev–Trinajstić information content (AvgIpc) is 2.77. The van der Waals surface area contributed by atoms with Crippen molar-refractivity contribution in [1.82, 2.24) is 15.0 Å². The second kappa shape index (κ2) is 9.69. The normalized spacial score (nSPS) is 10.4. The van der Waals surface area contributed by atoms with E-state index in [-0.39, 0.29) is 5.69 Å². The van der Waals surface area contributed by atoms with E-state index < -0.39 is 17.7 Å². The number of amides is 2. The smallest absolute Gasteiger partial charge is 0.323 e. The van der Waals surface area contributed by atoms with Crippen molar-refractivity contribution < 1.29 is 13.6 Å². The molecule has 0 aliphatic rings. The average molecular weight is 447 g/mol. The molecule has 0 unspecified atom stereocenters. The van der Waals surface area contributed by atoms with Crippen LogP contribution in [-0.4, -0.2) is 21.0 Å². The second-order valence-electron chi connectivity index (χ2n) is 6.93. The van der Waals surface area contributed by atoms with Gasteiger partial charge in [-0.05, 0) is 55.5 Å². The van der Waals surface area contributed by atoms with Crippen molar-refractivity contribution in [3.05, 3.63) is 90.4 Å². The molecule has 0 saturated heterocycles. The number of halogens is 2. The molecular weight excluding hydrogens is 428 g/mol. The summed E-state index contributed by atoms with van der Waals surface area (Å²) < 4.78 is 26.7. The van der Waals surface area contributed by atoms with Crippen LogP contribution in [0.3, 0.4) is 0 Å². The van der Waals surface area contributed by atoms with Crippen LogP contribution < -0.4 is 21.3 Å². The van der Waals surface area contributed by atoms with E-state index >= 15 is 0 Å². The SMILES string of the molecule is Cc1nc(Nc2ccc(NC(=O)Nc3ccc(F)cc3F)cc2)cc(Nc2ccccn2)n1. The predicted molar refractivity (Wildman–Crippen MR) is 123 cm³/mol. The molecule has 0 saturated carbocycles. The van der Waals surface area contributed by atoms with E-state index in [0.29, 0.717) is 35.0 Å². The Bertz CT molecular complexity index is 1270. The van der Waals surface area contributed by atoms with E-state index in [4.69, 9.17) is 0 Å². The Morgan fingerprint density at radius 3 is 2.21 bits per heavy atom. The van der Waals surface area contributed by atoms with Gasteiger partial charge < -0.3 is 21.3 Å². The number of benzene rings is 2. The van der Waals surface area contributed by atoms with Crippen LogP contribution in [0.1, 0.15) is 5.82 Å². The molecule has 10 heteroatoms. The Balaban J connectivity index is 1.39. The van der Waals surface area contributed by atoms with E-state index in [1.807, 2.05) is 18.2 Å². The number of hydrogen-bond acceptors (Lipinski definition) is 6. The Morgan fingerprint density at radius 1 is 0.788 bits per heavy atom. The van der Waals surface area contributed by atoms with Crippen LogP contribution in [0, 0.1) is 18.6 Å². The molecule has 166 valence electrons. The molecule has 8 nitrogen and oxygen atoms in total. The van der Waals surface area contributed by atoms with Crippen molar-refractivity contribution in [2.24, 2.45) is 0 Å². The van der Waals surface area contributed by atoms with E-state index in [1.54, 1.807) is 43.5 Å². The maximum atomic E-state index is 13.7. The summed E-state index contributed by atoms with van der Waals surface area (Å²) in [7, 11) is 0. The molecule has 2 heterocycles. The molecule has 0 aliphatic heterocycles. The summed E-state index contributed by atoms with van der Waals surface area (Å²) in [6, 6.07) is 16.4. The number of pyridine rings is 1. The third-order valence-corrected chi connectivity index (χ3v) is 4.35. The van der Waals surface area contributed by atoms with Crippen LogP contribution in [0.4, 0.5) is 48.1 Å². The Labute approximate surface area is 188 Å². The highest BCUT2D eigenvalue weighted by Crippen LogP contribution is 2.21. The maximum absolute atomic E-state index is 13.7. The molecule has 0 aliphatic carbocycles. The summed E-state index contributed by atoms with van der Waals surface area (Å²) in [6.07, 6.45) is 1.68. The maximum Gasteiger partial charge on any atom is 0.323 e. The van der Waals surface area contributed by atoms with Gasteiger partial charge in [-0.1, -0.05) is 6.07 Å². The van der Waals surface area contributed by atoms with Crippen molar-refractivity contribution in [2.45, 2.75) is 6.92 Å². The quantitative estimate of drug-likeness (QED) is 0.307. The first-order valence-electron chi connectivity index (χ1n) is 9.88. The van der Waals surface area contributed by atoms with Gasteiger partial charge >= 0.3 is 6.03 Å². The summed E-state index contributed by atoms with van der Waals surface area (Å²) in [4.78, 5) is 25.0. The van der Waals surface area contributed by atoms with Crippen molar-refractivity contribution in [3.8, 4) is 0 Å². The van der Waals surface area contributed by atoms with Gasteiger partial charge in [0.25, 0.3) is 0 Å². The zero-order valence-corrected chi connectivity index (χ0v) is 17.4. The van der Waals surface area contributed by atoms with E-state index in [1.165, 1.54) is 0 Å². The highest BCUT2D eigenvalue weighted by atomic mass is 19.1. The number of carbonyl (C=O) groups excluding carboxylic acids is 1. The van der Waals surface area contributed by atoms with Crippen LogP contribution in [-0.2, 0) is 0 Å². The summed E-state index contributed by atoms with van der Waals surface area (Å²) in [5.41, 5.74) is 1.09. The van der Waals surface area contributed by atoms with E-state index in [9.17, 15) is 13.6 Å². The van der Waals surface area contributed by atoms with Crippen molar-refractivity contribution >= 4 is 40.5 Å². The minimum Gasteiger partial charge on any atom is -0.340 e. The molecule has 0 spiro atoms. The van der Waals surface area contributed by atoms with Crippen molar-refractivity contribution in [3.63, 3.8) is 0 Å². The molecule has 0 bridgehead atoms. The fraction of sp³-hybridized carbons (Fsp3) is 0.0435. The van der Waals surface area contributed by atoms with Gasteiger partial charge in [0.1, 0.15) is 34.9 Å². The lowest BCUT2D eigenvalue weighted by Gasteiger charge is -2.11. The fourth-order valence-corrected chi connectivity index (χ4v) is 2.92.